The lowest BCUT2D eigenvalue weighted by Gasteiger charge is -2.20. The second-order valence-corrected chi connectivity index (χ2v) is 5.01. The van der Waals surface area contributed by atoms with Gasteiger partial charge in [0.2, 0.25) is 5.95 Å². The monoisotopic (exact) mass is 238 g/mol. The molecule has 5 heteroatoms. The van der Waals surface area contributed by atoms with Crippen LogP contribution < -0.4 is 10.6 Å². The van der Waals surface area contributed by atoms with Gasteiger partial charge in [-0.15, -0.1) is 0 Å². The van der Waals surface area contributed by atoms with Crippen molar-refractivity contribution >= 4 is 11.8 Å². The van der Waals surface area contributed by atoms with Gasteiger partial charge in [0.1, 0.15) is 0 Å². The van der Waals surface area contributed by atoms with Gasteiger partial charge in [-0.05, 0) is 24.2 Å². The van der Waals surface area contributed by atoms with E-state index in [2.05, 4.69) is 34.4 Å². The lowest BCUT2D eigenvalue weighted by Crippen LogP contribution is -2.22. The zero-order chi connectivity index (χ0) is 12.5. The molecule has 4 nitrogen and oxygen atoms in total. The predicted molar refractivity (Wildman–Crippen MR) is 66.5 cm³/mol. The van der Waals surface area contributed by atoms with Gasteiger partial charge >= 0.3 is 0 Å². The Morgan fingerprint density at radius 1 is 1.47 bits per heavy atom. The third-order valence-corrected chi connectivity index (χ3v) is 3.69. The summed E-state index contributed by atoms with van der Waals surface area (Å²) in [5.41, 5.74) is 0.331. The van der Waals surface area contributed by atoms with Gasteiger partial charge in [0.15, 0.2) is 11.6 Å². The third kappa shape index (κ3) is 2.48. The van der Waals surface area contributed by atoms with E-state index in [1.54, 1.807) is 7.05 Å². The highest BCUT2D eigenvalue weighted by Crippen LogP contribution is 2.51. The molecule has 1 heterocycles. The maximum Gasteiger partial charge on any atom is 0.224 e. The van der Waals surface area contributed by atoms with Crippen LogP contribution in [-0.4, -0.2) is 23.6 Å². The molecule has 1 fully saturated rings. The molecule has 1 aromatic heterocycles. The van der Waals surface area contributed by atoms with Gasteiger partial charge in [-0.25, -0.2) is 9.37 Å². The van der Waals surface area contributed by atoms with Gasteiger partial charge in [-0.1, -0.05) is 13.8 Å². The Bertz CT molecular complexity index is 401. The first-order valence-corrected chi connectivity index (χ1v) is 6.01. The van der Waals surface area contributed by atoms with E-state index < -0.39 is 5.82 Å². The van der Waals surface area contributed by atoms with Crippen molar-refractivity contribution in [2.45, 2.75) is 26.7 Å². The van der Waals surface area contributed by atoms with Gasteiger partial charge in [0.25, 0.3) is 0 Å². The number of nitrogens with zero attached hydrogens (tertiary/aromatic N) is 2. The number of halogens is 1. The number of hydrogen-bond acceptors (Lipinski definition) is 4. The molecule has 1 aliphatic rings. The molecule has 2 rings (SSSR count). The molecule has 94 valence electrons. The van der Waals surface area contributed by atoms with Gasteiger partial charge < -0.3 is 10.6 Å². The Kier molecular flexibility index (Phi) is 3.17. The molecule has 0 amide bonds. The zero-order valence-electron chi connectivity index (χ0n) is 10.5. The molecule has 1 aliphatic carbocycles. The lowest BCUT2D eigenvalue weighted by molar-refractivity contribution is 0.379. The van der Waals surface area contributed by atoms with Crippen LogP contribution >= 0.6 is 0 Å². The Hall–Kier alpha value is -1.39. The largest absolute Gasteiger partial charge is 0.367 e. The molecular weight excluding hydrogens is 219 g/mol. The second-order valence-electron chi connectivity index (χ2n) is 5.01. The van der Waals surface area contributed by atoms with E-state index in [9.17, 15) is 4.39 Å². The predicted octanol–water partition coefficient (Wildman–Crippen LogP) is 2.51. The molecular formula is C12H19FN4. The number of rotatable bonds is 5. The van der Waals surface area contributed by atoms with E-state index in [1.807, 2.05) is 0 Å². The first kappa shape index (κ1) is 12.1. The highest BCUT2D eigenvalue weighted by Gasteiger charge is 2.45. The van der Waals surface area contributed by atoms with E-state index in [4.69, 9.17) is 0 Å². The summed E-state index contributed by atoms with van der Waals surface area (Å²) in [4.78, 5) is 7.89. The molecule has 0 aromatic carbocycles. The van der Waals surface area contributed by atoms with Crippen molar-refractivity contribution in [2.24, 2.45) is 11.3 Å². The van der Waals surface area contributed by atoms with Crippen LogP contribution in [-0.2, 0) is 0 Å². The number of anilines is 2. The van der Waals surface area contributed by atoms with E-state index in [1.165, 1.54) is 19.0 Å². The van der Waals surface area contributed by atoms with Crippen molar-refractivity contribution in [2.75, 3.05) is 24.2 Å². The highest BCUT2D eigenvalue weighted by molar-refractivity contribution is 5.41. The Morgan fingerprint density at radius 3 is 2.71 bits per heavy atom. The summed E-state index contributed by atoms with van der Waals surface area (Å²) in [6.45, 7) is 5.20. The molecule has 1 saturated carbocycles. The molecule has 2 N–H and O–H groups in total. The highest BCUT2D eigenvalue weighted by atomic mass is 19.1. The fraction of sp³-hybridized carbons (Fsp3) is 0.667. The van der Waals surface area contributed by atoms with Crippen LogP contribution in [0.2, 0.25) is 0 Å². The zero-order valence-corrected chi connectivity index (χ0v) is 10.5. The van der Waals surface area contributed by atoms with Crippen LogP contribution in [0.25, 0.3) is 0 Å². The summed E-state index contributed by atoms with van der Waals surface area (Å²) in [5, 5.41) is 5.91. The maximum absolute atomic E-state index is 13.5. The first-order valence-electron chi connectivity index (χ1n) is 6.01. The average Bonchev–Trinajstić information content (AvgIpc) is 3.09. The normalized spacial score (nSPS) is 17.0. The summed E-state index contributed by atoms with van der Waals surface area (Å²) in [6.07, 6.45) is 3.61. The van der Waals surface area contributed by atoms with Crippen molar-refractivity contribution < 1.29 is 4.39 Å². The topological polar surface area (TPSA) is 49.8 Å². The Labute approximate surface area is 101 Å². The summed E-state index contributed by atoms with van der Waals surface area (Å²) < 4.78 is 13.5. The van der Waals surface area contributed by atoms with Crippen molar-refractivity contribution in [3.8, 4) is 0 Å². The molecule has 0 aliphatic heterocycles. The smallest absolute Gasteiger partial charge is 0.224 e. The standard InChI is InChI=1S/C12H19FN4/c1-8(2)12(4-5-12)7-16-10-9(13)6-15-11(14-3)17-10/h6,8H,4-5,7H2,1-3H3,(H2,14,15,16,17). The SMILES string of the molecule is CNc1ncc(F)c(NCC2(C(C)C)CC2)n1. The van der Waals surface area contributed by atoms with E-state index in [-0.39, 0.29) is 5.82 Å². The van der Waals surface area contributed by atoms with Crippen molar-refractivity contribution in [1.29, 1.82) is 0 Å². The minimum absolute atomic E-state index is 0.288. The van der Waals surface area contributed by atoms with Gasteiger partial charge in [-0.3, -0.25) is 0 Å². The minimum Gasteiger partial charge on any atom is -0.367 e. The lowest BCUT2D eigenvalue weighted by atomic mass is 9.92. The van der Waals surface area contributed by atoms with Crippen molar-refractivity contribution in [1.82, 2.24) is 9.97 Å². The molecule has 0 bridgehead atoms. The fourth-order valence-corrected chi connectivity index (χ4v) is 1.99. The van der Waals surface area contributed by atoms with Crippen LogP contribution in [0, 0.1) is 17.2 Å². The Balaban J connectivity index is 2.04. The molecule has 17 heavy (non-hydrogen) atoms. The maximum atomic E-state index is 13.5. The van der Waals surface area contributed by atoms with Crippen molar-refractivity contribution in [3.05, 3.63) is 12.0 Å². The summed E-state index contributed by atoms with van der Waals surface area (Å²) in [6, 6.07) is 0. The minimum atomic E-state index is -0.399. The van der Waals surface area contributed by atoms with Crippen LogP contribution in [0.5, 0.6) is 0 Å². The summed E-state index contributed by atoms with van der Waals surface area (Å²) in [5.74, 6) is 0.937. The third-order valence-electron chi connectivity index (χ3n) is 3.69. The number of nitrogens with one attached hydrogen (secondary N) is 2. The van der Waals surface area contributed by atoms with Crippen LogP contribution in [0.4, 0.5) is 16.2 Å². The van der Waals surface area contributed by atoms with Crippen molar-refractivity contribution in [3.63, 3.8) is 0 Å². The second kappa shape index (κ2) is 4.47. The first-order chi connectivity index (χ1) is 8.07. The summed E-state index contributed by atoms with van der Waals surface area (Å²) >= 11 is 0. The molecule has 1 aromatic rings. The van der Waals surface area contributed by atoms with Crippen LogP contribution in [0.1, 0.15) is 26.7 Å². The van der Waals surface area contributed by atoms with Crippen LogP contribution in [0.15, 0.2) is 6.20 Å². The fourth-order valence-electron chi connectivity index (χ4n) is 1.99. The van der Waals surface area contributed by atoms with E-state index >= 15 is 0 Å². The number of hydrogen-bond donors (Lipinski definition) is 2. The van der Waals surface area contributed by atoms with E-state index in [0.717, 1.165) is 6.54 Å². The van der Waals surface area contributed by atoms with Gasteiger partial charge in [0, 0.05) is 13.6 Å². The molecule has 0 atom stereocenters. The quantitative estimate of drug-likeness (QED) is 0.827. The van der Waals surface area contributed by atoms with Crippen LogP contribution in [0.3, 0.4) is 0 Å². The van der Waals surface area contributed by atoms with Gasteiger partial charge in [0.05, 0.1) is 6.20 Å². The molecule has 0 saturated heterocycles. The number of aromatic nitrogens is 2. The molecule has 0 spiro atoms. The average molecular weight is 238 g/mol. The van der Waals surface area contributed by atoms with E-state index in [0.29, 0.717) is 17.3 Å². The molecule has 0 radical (unpaired) electrons. The summed E-state index contributed by atoms with van der Waals surface area (Å²) in [7, 11) is 1.72. The molecule has 0 unspecified atom stereocenters. The Morgan fingerprint density at radius 2 is 2.18 bits per heavy atom. The van der Waals surface area contributed by atoms with Gasteiger partial charge in [-0.2, -0.15) is 4.98 Å².